The Bertz CT molecular complexity index is 629. The first-order chi connectivity index (χ1) is 9.58. The van der Waals surface area contributed by atoms with Crippen LogP contribution in [0.1, 0.15) is 17.2 Å². The van der Waals surface area contributed by atoms with Crippen LogP contribution in [0.3, 0.4) is 0 Å². The Balaban J connectivity index is 2.23. The molecular formula is C13H14N4O3. The fourth-order valence-corrected chi connectivity index (χ4v) is 1.61. The van der Waals surface area contributed by atoms with E-state index in [4.69, 9.17) is 9.84 Å². The molecule has 0 amide bonds. The van der Waals surface area contributed by atoms with E-state index >= 15 is 0 Å². The van der Waals surface area contributed by atoms with Crippen LogP contribution in [0.4, 0.5) is 0 Å². The van der Waals surface area contributed by atoms with Crippen LogP contribution < -0.4 is 4.74 Å². The predicted octanol–water partition coefficient (Wildman–Crippen LogP) is 1.24. The van der Waals surface area contributed by atoms with Crippen LogP contribution in [-0.4, -0.2) is 38.8 Å². The van der Waals surface area contributed by atoms with Gasteiger partial charge in [-0.25, -0.2) is 9.47 Å². The molecule has 0 aliphatic heterocycles. The topological polar surface area (TPSA) is 89.6 Å². The molecule has 1 N–H and O–H groups in total. The molecule has 0 aliphatic carbocycles. The lowest BCUT2D eigenvalue weighted by molar-refractivity contribution is -0.139. The van der Waals surface area contributed by atoms with Gasteiger partial charge in [0.25, 0.3) is 0 Å². The lowest BCUT2D eigenvalue weighted by Crippen LogP contribution is -2.10. The smallest absolute Gasteiger partial charge is 0.341 e. The van der Waals surface area contributed by atoms with E-state index < -0.39 is 12.6 Å². The third-order valence-electron chi connectivity index (χ3n) is 2.53. The van der Waals surface area contributed by atoms with Crippen LogP contribution in [0.15, 0.2) is 29.4 Å². The average Bonchev–Trinajstić information content (AvgIpc) is 2.74. The number of hydrogen-bond donors (Lipinski definition) is 1. The number of rotatable bonds is 5. The fourth-order valence-electron chi connectivity index (χ4n) is 1.61. The van der Waals surface area contributed by atoms with Crippen molar-refractivity contribution in [3.05, 3.63) is 41.5 Å². The number of carbonyl (C=O) groups is 1. The molecule has 0 spiro atoms. The van der Waals surface area contributed by atoms with Crippen molar-refractivity contribution in [3.63, 3.8) is 0 Å². The highest BCUT2D eigenvalue weighted by atomic mass is 16.5. The maximum atomic E-state index is 10.5. The predicted molar refractivity (Wildman–Crippen MR) is 72.1 cm³/mol. The third kappa shape index (κ3) is 3.19. The number of carboxylic acid groups (broad SMARTS) is 1. The Morgan fingerprint density at radius 2 is 2.00 bits per heavy atom. The molecule has 104 valence electrons. The van der Waals surface area contributed by atoms with Crippen LogP contribution in [0.25, 0.3) is 0 Å². The van der Waals surface area contributed by atoms with Crippen molar-refractivity contribution in [2.45, 2.75) is 13.8 Å². The average molecular weight is 274 g/mol. The lowest BCUT2D eigenvalue weighted by atomic mass is 10.2. The molecule has 20 heavy (non-hydrogen) atoms. The van der Waals surface area contributed by atoms with Crippen LogP contribution >= 0.6 is 0 Å². The molecule has 7 nitrogen and oxygen atoms in total. The fraction of sp³-hybridized carbons (Fsp3) is 0.231. The Hall–Kier alpha value is -2.70. The molecule has 0 saturated carbocycles. The van der Waals surface area contributed by atoms with Crippen molar-refractivity contribution >= 4 is 12.2 Å². The largest absolute Gasteiger partial charge is 0.481 e. The maximum Gasteiger partial charge on any atom is 0.341 e. The number of nitrogens with zero attached hydrogens (tertiary/aromatic N) is 4. The molecule has 0 atom stereocenters. The molecule has 1 aromatic heterocycles. The minimum atomic E-state index is -1.03. The Morgan fingerprint density at radius 1 is 1.35 bits per heavy atom. The SMILES string of the molecule is Cc1nnc(C)n1/N=C/c1ccccc1OCC(=O)O. The van der Waals surface area contributed by atoms with Gasteiger partial charge in [0.1, 0.15) is 5.75 Å². The first kappa shape index (κ1) is 13.7. The van der Waals surface area contributed by atoms with Crippen molar-refractivity contribution in [2.24, 2.45) is 5.10 Å². The zero-order valence-corrected chi connectivity index (χ0v) is 11.1. The monoisotopic (exact) mass is 274 g/mol. The summed E-state index contributed by atoms with van der Waals surface area (Å²) in [5.41, 5.74) is 0.682. The Kier molecular flexibility index (Phi) is 4.09. The summed E-state index contributed by atoms with van der Waals surface area (Å²) in [4.78, 5) is 10.5. The number of ether oxygens (including phenoxy) is 1. The van der Waals surface area contributed by atoms with Gasteiger partial charge in [0.05, 0.1) is 6.21 Å². The van der Waals surface area contributed by atoms with Gasteiger partial charge in [-0.05, 0) is 26.0 Å². The number of para-hydroxylation sites is 1. The van der Waals surface area contributed by atoms with Gasteiger partial charge < -0.3 is 9.84 Å². The standard InChI is InChI=1S/C13H14N4O3/c1-9-15-16-10(2)17(9)14-7-11-5-3-4-6-12(11)20-8-13(18)19/h3-7H,8H2,1-2H3,(H,18,19)/b14-7+. The zero-order chi connectivity index (χ0) is 14.5. The van der Waals surface area contributed by atoms with Crippen LogP contribution in [0.2, 0.25) is 0 Å². The van der Waals surface area contributed by atoms with Gasteiger partial charge in [0.15, 0.2) is 18.3 Å². The second kappa shape index (κ2) is 5.96. The van der Waals surface area contributed by atoms with Crippen molar-refractivity contribution in [1.82, 2.24) is 14.9 Å². The summed E-state index contributed by atoms with van der Waals surface area (Å²) in [6.07, 6.45) is 1.58. The molecule has 1 heterocycles. The van der Waals surface area contributed by atoms with Crippen molar-refractivity contribution in [3.8, 4) is 5.75 Å². The van der Waals surface area contributed by atoms with E-state index in [1.807, 2.05) is 6.07 Å². The molecule has 0 saturated heterocycles. The number of benzene rings is 1. The van der Waals surface area contributed by atoms with Gasteiger partial charge in [-0.3, -0.25) is 0 Å². The Labute approximate surface area is 115 Å². The van der Waals surface area contributed by atoms with E-state index in [2.05, 4.69) is 15.3 Å². The van der Waals surface area contributed by atoms with E-state index in [1.54, 1.807) is 42.9 Å². The summed E-state index contributed by atoms with van der Waals surface area (Å²) in [5.74, 6) is 0.773. The number of aryl methyl sites for hydroxylation is 2. The minimum absolute atomic E-state index is 0.393. The van der Waals surface area contributed by atoms with E-state index in [1.165, 1.54) is 0 Å². The van der Waals surface area contributed by atoms with Gasteiger partial charge in [-0.15, -0.1) is 10.2 Å². The first-order valence-corrected chi connectivity index (χ1v) is 5.94. The van der Waals surface area contributed by atoms with Gasteiger partial charge in [-0.1, -0.05) is 12.1 Å². The highest BCUT2D eigenvalue weighted by molar-refractivity contribution is 5.83. The van der Waals surface area contributed by atoms with E-state index in [-0.39, 0.29) is 0 Å². The molecule has 2 aromatic rings. The molecular weight excluding hydrogens is 260 g/mol. The maximum absolute atomic E-state index is 10.5. The quantitative estimate of drug-likeness (QED) is 0.828. The summed E-state index contributed by atoms with van der Waals surface area (Å²) >= 11 is 0. The summed E-state index contributed by atoms with van der Waals surface area (Å²) in [5, 5.41) is 20.7. The zero-order valence-electron chi connectivity index (χ0n) is 11.1. The van der Waals surface area contributed by atoms with E-state index in [9.17, 15) is 4.79 Å². The highest BCUT2D eigenvalue weighted by Gasteiger charge is 2.05. The van der Waals surface area contributed by atoms with Gasteiger partial charge in [0.2, 0.25) is 0 Å². The van der Waals surface area contributed by atoms with E-state index in [0.717, 1.165) is 0 Å². The highest BCUT2D eigenvalue weighted by Crippen LogP contribution is 2.16. The summed E-state index contributed by atoms with van der Waals surface area (Å²) in [7, 11) is 0. The molecule has 2 rings (SSSR count). The van der Waals surface area contributed by atoms with Gasteiger partial charge in [0, 0.05) is 5.56 Å². The van der Waals surface area contributed by atoms with Crippen molar-refractivity contribution in [1.29, 1.82) is 0 Å². The van der Waals surface area contributed by atoms with Crippen molar-refractivity contribution in [2.75, 3.05) is 6.61 Å². The van der Waals surface area contributed by atoms with Crippen LogP contribution in [0, 0.1) is 13.8 Å². The van der Waals surface area contributed by atoms with Crippen molar-refractivity contribution < 1.29 is 14.6 Å². The number of aromatic nitrogens is 3. The Morgan fingerprint density at radius 3 is 2.65 bits per heavy atom. The van der Waals surface area contributed by atoms with Crippen LogP contribution in [-0.2, 0) is 4.79 Å². The second-order valence-electron chi connectivity index (χ2n) is 4.07. The molecule has 7 heteroatoms. The third-order valence-corrected chi connectivity index (χ3v) is 2.53. The minimum Gasteiger partial charge on any atom is -0.481 e. The molecule has 0 bridgehead atoms. The van der Waals surface area contributed by atoms with Crippen LogP contribution in [0.5, 0.6) is 5.75 Å². The first-order valence-electron chi connectivity index (χ1n) is 5.94. The molecule has 0 unspecified atom stereocenters. The lowest BCUT2D eigenvalue weighted by Gasteiger charge is -2.06. The van der Waals surface area contributed by atoms with Gasteiger partial charge in [-0.2, -0.15) is 5.10 Å². The number of hydrogen-bond acceptors (Lipinski definition) is 5. The number of aliphatic carboxylic acids is 1. The molecule has 0 fully saturated rings. The van der Waals surface area contributed by atoms with Gasteiger partial charge >= 0.3 is 5.97 Å². The van der Waals surface area contributed by atoms with E-state index in [0.29, 0.717) is 23.0 Å². The summed E-state index contributed by atoms with van der Waals surface area (Å²) in [6.45, 7) is 3.20. The number of carboxylic acids is 1. The summed E-state index contributed by atoms with van der Waals surface area (Å²) < 4.78 is 6.79. The summed E-state index contributed by atoms with van der Waals surface area (Å²) in [6, 6.07) is 7.07. The second-order valence-corrected chi connectivity index (χ2v) is 4.07. The normalized spacial score (nSPS) is 10.9. The molecule has 0 radical (unpaired) electrons. The molecule has 1 aromatic carbocycles. The molecule has 0 aliphatic rings.